The highest BCUT2D eigenvalue weighted by molar-refractivity contribution is 5.65. The van der Waals surface area contributed by atoms with Crippen LogP contribution in [0.4, 0.5) is 0 Å². The smallest absolute Gasteiger partial charge is 0.302 e. The van der Waals surface area contributed by atoms with Gasteiger partial charge in [-0.25, -0.2) is 0 Å². The van der Waals surface area contributed by atoms with Crippen LogP contribution < -0.4 is 9.47 Å². The van der Waals surface area contributed by atoms with E-state index in [-0.39, 0.29) is 84.5 Å². The largest absolute Gasteiger partial charge is 0.504 e. The molecule has 0 radical (unpaired) electrons. The van der Waals surface area contributed by atoms with E-state index in [2.05, 4.69) is 20.8 Å². The molecule has 2 heterocycles. The molecule has 10 atom stereocenters. The second kappa shape index (κ2) is 20.4. The van der Waals surface area contributed by atoms with E-state index in [0.717, 1.165) is 0 Å². The standard InChI is InChI=1S/C20H30O7.C15H22O9/c1-12-13(2)18(11-26-15(4)21)27-20(14(12)3)25-10-6-9-24-17-8-5-7-16(22)19(17)23;16-7-10-12(19)13(20)14(21)15(24-10)23-6-2-5-22-9-4-1-3-8(17)11(9)18/h5,7-8,12-14,18,20,22-23H,6,9-11H2,1-4H3;1,3-4,10,12-21H,2,5-7H2/t12-,13-,14+,18+,20+;10-,12-,13+,14-,15-/m01/s1. The van der Waals surface area contributed by atoms with Gasteiger partial charge in [-0.3, -0.25) is 4.79 Å². The van der Waals surface area contributed by atoms with Crippen LogP contribution in [0.25, 0.3) is 0 Å². The number of para-hydroxylation sites is 2. The number of phenols is 4. The summed E-state index contributed by atoms with van der Waals surface area (Å²) in [7, 11) is 0. The molecular weight excluding hydrogens is 676 g/mol. The fraction of sp³-hybridized carbons (Fsp3) is 0.629. The van der Waals surface area contributed by atoms with Gasteiger partial charge >= 0.3 is 5.97 Å². The van der Waals surface area contributed by atoms with Crippen LogP contribution in [0, 0.1) is 17.8 Å². The van der Waals surface area contributed by atoms with Crippen molar-refractivity contribution in [1.29, 1.82) is 0 Å². The van der Waals surface area contributed by atoms with E-state index < -0.39 is 37.3 Å². The van der Waals surface area contributed by atoms with Gasteiger partial charge in [-0.2, -0.15) is 0 Å². The Morgan fingerprint density at radius 2 is 1.18 bits per heavy atom. The predicted molar refractivity (Wildman–Crippen MR) is 178 cm³/mol. The summed E-state index contributed by atoms with van der Waals surface area (Å²) in [5.74, 6) is -0.233. The zero-order chi connectivity index (χ0) is 37.7. The second-order valence-corrected chi connectivity index (χ2v) is 12.5. The summed E-state index contributed by atoms with van der Waals surface area (Å²) in [6.07, 6.45) is -6.16. The van der Waals surface area contributed by atoms with Crippen molar-refractivity contribution in [3.8, 4) is 34.5 Å². The molecule has 2 fully saturated rings. The Morgan fingerprint density at radius 1 is 0.667 bits per heavy atom. The molecule has 0 aliphatic carbocycles. The number of ether oxygens (including phenoxy) is 7. The number of benzene rings is 2. The summed E-state index contributed by atoms with van der Waals surface area (Å²) in [6.45, 7) is 8.46. The molecule has 0 bridgehead atoms. The lowest BCUT2D eigenvalue weighted by Gasteiger charge is -2.43. The number of aromatic hydroxyl groups is 4. The third-order valence-corrected chi connectivity index (χ3v) is 8.89. The van der Waals surface area contributed by atoms with Crippen molar-refractivity contribution in [2.75, 3.05) is 39.6 Å². The van der Waals surface area contributed by atoms with E-state index in [1.165, 1.54) is 31.2 Å². The summed E-state index contributed by atoms with van der Waals surface area (Å²) in [4.78, 5) is 11.1. The summed E-state index contributed by atoms with van der Waals surface area (Å²) >= 11 is 0. The third-order valence-electron chi connectivity index (χ3n) is 8.89. The number of rotatable bonds is 15. The quantitative estimate of drug-likeness (QED) is 0.0740. The van der Waals surface area contributed by atoms with Gasteiger partial charge in [0.1, 0.15) is 31.0 Å². The minimum atomic E-state index is -1.48. The van der Waals surface area contributed by atoms with Gasteiger partial charge in [0.15, 0.2) is 35.6 Å². The Balaban J connectivity index is 0.000000277. The molecule has 0 saturated carbocycles. The van der Waals surface area contributed by atoms with Crippen molar-refractivity contribution < 1.29 is 78.8 Å². The first-order chi connectivity index (χ1) is 24.3. The van der Waals surface area contributed by atoms with Crippen molar-refractivity contribution in [3.63, 3.8) is 0 Å². The van der Waals surface area contributed by atoms with Gasteiger partial charge in [-0.15, -0.1) is 0 Å². The first-order valence-corrected chi connectivity index (χ1v) is 16.9. The molecule has 2 aromatic rings. The minimum Gasteiger partial charge on any atom is -0.504 e. The Hall–Kier alpha value is -3.61. The van der Waals surface area contributed by atoms with E-state index in [1.807, 2.05) is 0 Å². The van der Waals surface area contributed by atoms with Gasteiger partial charge in [-0.05, 0) is 36.1 Å². The lowest BCUT2D eigenvalue weighted by Crippen LogP contribution is -2.59. The Morgan fingerprint density at radius 3 is 1.69 bits per heavy atom. The molecule has 2 aliphatic rings. The van der Waals surface area contributed by atoms with Crippen LogP contribution >= 0.6 is 0 Å². The normalized spacial score (nSPS) is 29.0. The number of aliphatic hydroxyl groups is 4. The Labute approximate surface area is 296 Å². The van der Waals surface area contributed by atoms with Gasteiger partial charge in [0.2, 0.25) is 11.5 Å². The van der Waals surface area contributed by atoms with Crippen LogP contribution in [0.2, 0.25) is 0 Å². The van der Waals surface area contributed by atoms with E-state index >= 15 is 0 Å². The fourth-order valence-electron chi connectivity index (χ4n) is 5.41. The van der Waals surface area contributed by atoms with Crippen LogP contribution in [0.5, 0.6) is 34.5 Å². The summed E-state index contributed by atoms with van der Waals surface area (Å²) in [5, 5.41) is 76.2. The van der Waals surface area contributed by atoms with Crippen LogP contribution in [-0.2, 0) is 28.5 Å². The molecular formula is C35H52O16. The van der Waals surface area contributed by atoms with E-state index in [0.29, 0.717) is 32.0 Å². The van der Waals surface area contributed by atoms with Crippen molar-refractivity contribution in [2.24, 2.45) is 17.8 Å². The molecule has 2 saturated heterocycles. The highest BCUT2D eigenvalue weighted by atomic mass is 16.7. The van der Waals surface area contributed by atoms with Gasteiger partial charge in [-0.1, -0.05) is 32.9 Å². The van der Waals surface area contributed by atoms with Crippen molar-refractivity contribution in [1.82, 2.24) is 0 Å². The highest BCUT2D eigenvalue weighted by Gasteiger charge is 2.44. The predicted octanol–water partition coefficient (Wildman–Crippen LogP) is 1.76. The maximum Gasteiger partial charge on any atom is 0.302 e. The van der Waals surface area contributed by atoms with Crippen LogP contribution in [0.15, 0.2) is 36.4 Å². The number of phenolic OH excluding ortho intramolecular Hbond substituents is 4. The summed E-state index contributed by atoms with van der Waals surface area (Å²) in [5.41, 5.74) is 0. The van der Waals surface area contributed by atoms with Crippen LogP contribution in [0.1, 0.15) is 40.5 Å². The molecule has 288 valence electrons. The molecule has 0 amide bonds. The number of carbonyl (C=O) groups is 1. The lowest BCUT2D eigenvalue weighted by molar-refractivity contribution is -0.301. The monoisotopic (exact) mass is 728 g/mol. The molecule has 4 rings (SSSR count). The molecule has 0 unspecified atom stereocenters. The highest BCUT2D eigenvalue weighted by Crippen LogP contribution is 2.37. The van der Waals surface area contributed by atoms with Crippen LogP contribution in [-0.4, -0.2) is 130 Å². The number of aliphatic hydroxyl groups excluding tert-OH is 4. The SMILES string of the molecule is CC(=O)OC[C@H]1O[C@@H](OCCCOc2cccc(O)c2O)[C@H](C)[C@@H](C)[C@@H]1C.OC[C@H]1O[C@@H](OCCCOc2cccc(O)c2O)[C@H](O)[C@@H](O)[C@@H]1O. The average molecular weight is 729 g/mol. The lowest BCUT2D eigenvalue weighted by atomic mass is 9.79. The van der Waals surface area contributed by atoms with Gasteiger partial charge in [0, 0.05) is 25.7 Å². The zero-order valence-electron chi connectivity index (χ0n) is 29.2. The van der Waals surface area contributed by atoms with E-state index in [1.54, 1.807) is 12.1 Å². The second-order valence-electron chi connectivity index (χ2n) is 12.5. The molecule has 16 nitrogen and oxygen atoms in total. The summed E-state index contributed by atoms with van der Waals surface area (Å²) < 4.78 is 38.3. The first kappa shape index (κ1) is 41.8. The molecule has 51 heavy (non-hydrogen) atoms. The first-order valence-electron chi connectivity index (χ1n) is 16.9. The van der Waals surface area contributed by atoms with Gasteiger partial charge in [0.25, 0.3) is 0 Å². The van der Waals surface area contributed by atoms with Gasteiger partial charge in [0.05, 0.1) is 39.1 Å². The molecule has 2 aromatic carbocycles. The number of hydrogen-bond acceptors (Lipinski definition) is 16. The van der Waals surface area contributed by atoms with E-state index in [4.69, 9.17) is 38.3 Å². The van der Waals surface area contributed by atoms with Gasteiger partial charge < -0.3 is 74.0 Å². The fourth-order valence-corrected chi connectivity index (χ4v) is 5.41. The summed E-state index contributed by atoms with van der Waals surface area (Å²) in [6, 6.07) is 8.92. The zero-order valence-corrected chi connectivity index (χ0v) is 29.2. The third kappa shape index (κ3) is 12.0. The molecule has 0 aromatic heterocycles. The number of hydrogen-bond donors (Lipinski definition) is 8. The Bertz CT molecular complexity index is 1340. The maximum absolute atomic E-state index is 11.1. The molecule has 16 heteroatoms. The van der Waals surface area contributed by atoms with Crippen molar-refractivity contribution in [2.45, 2.75) is 83.6 Å². The van der Waals surface area contributed by atoms with Crippen molar-refractivity contribution in [3.05, 3.63) is 36.4 Å². The average Bonchev–Trinajstić information content (AvgIpc) is 3.11. The Kier molecular flexibility index (Phi) is 16.8. The van der Waals surface area contributed by atoms with E-state index in [9.17, 15) is 40.5 Å². The number of carbonyl (C=O) groups excluding carboxylic acids is 1. The maximum atomic E-state index is 11.1. The topological polar surface area (TPSA) is 244 Å². The number of esters is 1. The molecule has 0 spiro atoms. The molecule has 8 N–H and O–H groups in total. The van der Waals surface area contributed by atoms with Crippen LogP contribution in [0.3, 0.4) is 0 Å². The minimum absolute atomic E-state index is 0.0995. The van der Waals surface area contributed by atoms with Crippen molar-refractivity contribution >= 4 is 5.97 Å². The molecule has 2 aliphatic heterocycles.